The van der Waals surface area contributed by atoms with E-state index in [1.807, 2.05) is 6.07 Å². The van der Waals surface area contributed by atoms with E-state index in [0.29, 0.717) is 28.0 Å². The zero-order chi connectivity index (χ0) is 18.8. The molecule has 26 heavy (non-hydrogen) atoms. The summed E-state index contributed by atoms with van der Waals surface area (Å²) < 4.78 is 1.19. The number of nitrogens with zero attached hydrogens (tertiary/aromatic N) is 5. The molecule has 0 bridgehead atoms. The largest absolute Gasteiger partial charge is 0.372 e. The molecule has 0 aliphatic rings. The first-order valence-corrected chi connectivity index (χ1v) is 7.87. The lowest BCUT2D eigenvalue weighted by molar-refractivity contribution is -0.384. The molecule has 0 atom stereocenters. The Hall–Kier alpha value is -3.55. The molecule has 0 radical (unpaired) electrons. The Morgan fingerprint density at radius 1 is 1.23 bits per heavy atom. The van der Waals surface area contributed by atoms with E-state index in [2.05, 4.69) is 10.1 Å². The van der Waals surface area contributed by atoms with Crippen molar-refractivity contribution in [2.75, 3.05) is 19.0 Å². The van der Waals surface area contributed by atoms with Crippen molar-refractivity contribution in [3.8, 4) is 0 Å². The molecule has 0 saturated heterocycles. The van der Waals surface area contributed by atoms with Crippen molar-refractivity contribution in [1.82, 2.24) is 9.66 Å². The molecule has 1 heterocycles. The average molecular weight is 351 g/mol. The number of fused-ring (bicyclic) bond motifs is 1. The molecule has 8 heteroatoms. The second-order valence-corrected chi connectivity index (χ2v) is 5.94. The second-order valence-electron chi connectivity index (χ2n) is 5.94. The highest BCUT2D eigenvalue weighted by atomic mass is 16.6. The minimum Gasteiger partial charge on any atom is -0.372 e. The summed E-state index contributed by atoms with van der Waals surface area (Å²) in [6.45, 7) is 1.68. The summed E-state index contributed by atoms with van der Waals surface area (Å²) in [5, 5.41) is 15.9. The van der Waals surface area contributed by atoms with Crippen LogP contribution in [-0.2, 0) is 0 Å². The first kappa shape index (κ1) is 17.3. The lowest BCUT2D eigenvalue weighted by Gasteiger charge is -2.12. The molecule has 8 nitrogen and oxygen atoms in total. The monoisotopic (exact) mass is 351 g/mol. The van der Waals surface area contributed by atoms with Gasteiger partial charge in [-0.05, 0) is 25.1 Å². The zero-order valence-corrected chi connectivity index (χ0v) is 14.6. The highest BCUT2D eigenvalue weighted by Gasteiger charge is 2.15. The average Bonchev–Trinajstić information content (AvgIpc) is 2.61. The molecule has 132 valence electrons. The van der Waals surface area contributed by atoms with Gasteiger partial charge in [-0.2, -0.15) is 9.78 Å². The summed E-state index contributed by atoms with van der Waals surface area (Å²) >= 11 is 0. The van der Waals surface area contributed by atoms with Gasteiger partial charge in [0, 0.05) is 25.7 Å². The normalized spacial score (nSPS) is 11.2. The predicted molar refractivity (Wildman–Crippen MR) is 101 cm³/mol. The van der Waals surface area contributed by atoms with Gasteiger partial charge in [-0.15, -0.1) is 0 Å². The Bertz CT molecular complexity index is 1090. The molecule has 1 aromatic heterocycles. The number of benzene rings is 2. The van der Waals surface area contributed by atoms with E-state index in [-0.39, 0.29) is 11.2 Å². The van der Waals surface area contributed by atoms with E-state index in [1.54, 1.807) is 56.3 Å². The van der Waals surface area contributed by atoms with Gasteiger partial charge in [-0.25, -0.2) is 4.98 Å². The maximum atomic E-state index is 12.6. The lowest BCUT2D eigenvalue weighted by Crippen LogP contribution is -2.20. The van der Waals surface area contributed by atoms with Crippen molar-refractivity contribution in [2.24, 2.45) is 5.10 Å². The second kappa shape index (κ2) is 6.75. The molecule has 0 aliphatic carbocycles. The van der Waals surface area contributed by atoms with Crippen LogP contribution in [0.25, 0.3) is 10.9 Å². The van der Waals surface area contributed by atoms with E-state index >= 15 is 0 Å². The highest BCUT2D eigenvalue weighted by Crippen LogP contribution is 2.27. The molecule has 0 fully saturated rings. The number of aromatic nitrogens is 2. The number of anilines is 1. The Morgan fingerprint density at radius 3 is 2.65 bits per heavy atom. The number of aryl methyl sites for hydroxylation is 1. The van der Waals surface area contributed by atoms with E-state index in [9.17, 15) is 14.9 Å². The maximum absolute atomic E-state index is 12.6. The predicted octanol–water partition coefficient (Wildman–Crippen LogP) is 2.56. The summed E-state index contributed by atoms with van der Waals surface area (Å²) in [5.41, 5.74) is 1.30. The Balaban J connectivity index is 2.06. The fourth-order valence-corrected chi connectivity index (χ4v) is 2.64. The van der Waals surface area contributed by atoms with Crippen LogP contribution in [0.15, 0.2) is 52.4 Å². The molecule has 0 N–H and O–H groups in total. The third-order valence-electron chi connectivity index (χ3n) is 3.92. The van der Waals surface area contributed by atoms with E-state index in [0.717, 1.165) is 0 Å². The molecular weight excluding hydrogens is 334 g/mol. The molecule has 0 spiro atoms. The van der Waals surface area contributed by atoms with Crippen molar-refractivity contribution in [3.63, 3.8) is 0 Å². The van der Waals surface area contributed by atoms with Crippen LogP contribution >= 0.6 is 0 Å². The van der Waals surface area contributed by atoms with Crippen molar-refractivity contribution in [1.29, 1.82) is 0 Å². The van der Waals surface area contributed by atoms with Crippen molar-refractivity contribution in [3.05, 3.63) is 74.3 Å². The van der Waals surface area contributed by atoms with E-state index < -0.39 is 4.92 Å². The Labute approximate surface area is 149 Å². The lowest BCUT2D eigenvalue weighted by atomic mass is 10.2. The quantitative estimate of drug-likeness (QED) is 0.409. The van der Waals surface area contributed by atoms with Gasteiger partial charge in [0.05, 0.1) is 22.0 Å². The Morgan fingerprint density at radius 2 is 1.96 bits per heavy atom. The third-order valence-corrected chi connectivity index (χ3v) is 3.92. The molecule has 0 unspecified atom stereocenters. The van der Waals surface area contributed by atoms with Gasteiger partial charge in [0.15, 0.2) is 0 Å². The maximum Gasteiger partial charge on any atom is 0.293 e. The minimum atomic E-state index is -0.443. The SMILES string of the molecule is Cc1nc2ccccc2c(=O)n1/N=C\c1ccc(N(C)C)c([N+](=O)[O-])c1. The van der Waals surface area contributed by atoms with Crippen LogP contribution < -0.4 is 10.5 Å². The molecular formula is C18H17N5O3. The van der Waals surface area contributed by atoms with Gasteiger partial charge >= 0.3 is 0 Å². The minimum absolute atomic E-state index is 0.0281. The zero-order valence-electron chi connectivity index (χ0n) is 14.6. The number of rotatable bonds is 4. The molecule has 0 amide bonds. The van der Waals surface area contributed by atoms with Gasteiger partial charge < -0.3 is 4.90 Å². The summed E-state index contributed by atoms with van der Waals surface area (Å²) in [6.07, 6.45) is 1.41. The first-order chi connectivity index (χ1) is 12.4. The standard InChI is InChI=1S/C18H17N5O3/c1-12-20-15-7-5-4-6-14(15)18(24)22(12)19-11-13-8-9-16(21(2)3)17(10-13)23(25)26/h4-11H,1-3H3/b19-11-. The number of nitro benzene ring substituents is 1. The summed E-state index contributed by atoms with van der Waals surface area (Å²) in [4.78, 5) is 29.5. The Kier molecular flexibility index (Phi) is 4.49. The van der Waals surface area contributed by atoms with E-state index in [1.165, 1.54) is 17.0 Å². The van der Waals surface area contributed by atoms with Crippen molar-refractivity contribution < 1.29 is 4.92 Å². The van der Waals surface area contributed by atoms with Gasteiger partial charge in [0.2, 0.25) is 0 Å². The number of para-hydroxylation sites is 1. The van der Waals surface area contributed by atoms with Crippen LogP contribution in [0.1, 0.15) is 11.4 Å². The van der Waals surface area contributed by atoms with Gasteiger partial charge in [-0.1, -0.05) is 18.2 Å². The van der Waals surface area contributed by atoms with Gasteiger partial charge in [0.25, 0.3) is 11.2 Å². The third kappa shape index (κ3) is 3.16. The molecule has 3 rings (SSSR count). The van der Waals surface area contributed by atoms with E-state index in [4.69, 9.17) is 0 Å². The molecule has 0 saturated carbocycles. The molecule has 3 aromatic rings. The topological polar surface area (TPSA) is 93.6 Å². The van der Waals surface area contributed by atoms with Crippen LogP contribution in [0.5, 0.6) is 0 Å². The summed E-state index contributed by atoms with van der Waals surface area (Å²) in [7, 11) is 3.47. The van der Waals surface area contributed by atoms with Crippen LogP contribution in [0.4, 0.5) is 11.4 Å². The summed E-state index contributed by atoms with van der Waals surface area (Å²) in [5.74, 6) is 0.435. The number of hydrogen-bond donors (Lipinski definition) is 0. The highest BCUT2D eigenvalue weighted by molar-refractivity contribution is 5.83. The van der Waals surface area contributed by atoms with Gasteiger partial charge in [0.1, 0.15) is 11.5 Å². The van der Waals surface area contributed by atoms with Crippen molar-refractivity contribution in [2.45, 2.75) is 6.92 Å². The fraction of sp³-hybridized carbons (Fsp3) is 0.167. The van der Waals surface area contributed by atoms with Crippen molar-refractivity contribution >= 4 is 28.5 Å². The molecule has 0 aliphatic heterocycles. The number of nitro groups is 1. The smallest absolute Gasteiger partial charge is 0.293 e. The first-order valence-electron chi connectivity index (χ1n) is 7.87. The van der Waals surface area contributed by atoms with Gasteiger partial charge in [-0.3, -0.25) is 14.9 Å². The van der Waals surface area contributed by atoms with Crippen LogP contribution in [0.2, 0.25) is 0 Å². The number of hydrogen-bond acceptors (Lipinski definition) is 6. The summed E-state index contributed by atoms with van der Waals surface area (Å²) in [6, 6.07) is 11.8. The van der Waals surface area contributed by atoms with Crippen LogP contribution in [0.3, 0.4) is 0 Å². The van der Waals surface area contributed by atoms with Crippen LogP contribution in [0, 0.1) is 17.0 Å². The molecule has 2 aromatic carbocycles. The van der Waals surface area contributed by atoms with Crippen LogP contribution in [-0.4, -0.2) is 34.9 Å². The fourth-order valence-electron chi connectivity index (χ4n) is 2.64.